The Morgan fingerprint density at radius 2 is 2.00 bits per heavy atom. The number of carboxylic acid groups (broad SMARTS) is 1. The Bertz CT molecular complexity index is 473. The van der Waals surface area contributed by atoms with Gasteiger partial charge in [-0.15, -0.1) is 0 Å². The van der Waals surface area contributed by atoms with Gasteiger partial charge in [-0.25, -0.2) is 4.79 Å². The molecular formula is C12H14ClNO4. The van der Waals surface area contributed by atoms with Gasteiger partial charge in [0, 0.05) is 0 Å². The number of hydrogen-bond acceptors (Lipinski definition) is 3. The highest BCUT2D eigenvalue weighted by Gasteiger charge is 2.26. The van der Waals surface area contributed by atoms with Gasteiger partial charge >= 0.3 is 5.97 Å². The lowest BCUT2D eigenvalue weighted by Gasteiger charge is -2.17. The number of aryl methyl sites for hydroxylation is 1. The number of aliphatic hydroxyl groups excluding tert-OH is 1. The van der Waals surface area contributed by atoms with Gasteiger partial charge in [-0.3, -0.25) is 4.79 Å². The van der Waals surface area contributed by atoms with Crippen molar-refractivity contribution in [2.24, 2.45) is 0 Å². The molecule has 2 atom stereocenters. The molecule has 0 heterocycles. The number of aliphatic hydroxyl groups is 1. The Balaban J connectivity index is 2.91. The van der Waals surface area contributed by atoms with Crippen molar-refractivity contribution >= 4 is 23.5 Å². The van der Waals surface area contributed by atoms with Crippen LogP contribution < -0.4 is 5.32 Å². The van der Waals surface area contributed by atoms with Crippen LogP contribution in [0.25, 0.3) is 0 Å². The molecule has 0 aliphatic heterocycles. The summed E-state index contributed by atoms with van der Waals surface area (Å²) in [5, 5.41) is 20.6. The third-order valence-electron chi connectivity index (χ3n) is 2.40. The molecule has 5 nitrogen and oxygen atoms in total. The molecule has 0 aliphatic rings. The first-order chi connectivity index (χ1) is 8.32. The van der Waals surface area contributed by atoms with Crippen molar-refractivity contribution in [1.82, 2.24) is 5.32 Å². The first-order valence-corrected chi connectivity index (χ1v) is 5.68. The zero-order valence-electron chi connectivity index (χ0n) is 9.98. The van der Waals surface area contributed by atoms with Crippen LogP contribution in [0, 0.1) is 6.92 Å². The molecule has 0 bridgehead atoms. The van der Waals surface area contributed by atoms with Gasteiger partial charge in [0.25, 0.3) is 5.91 Å². The van der Waals surface area contributed by atoms with E-state index in [2.05, 4.69) is 5.32 Å². The van der Waals surface area contributed by atoms with E-state index in [1.54, 1.807) is 12.1 Å². The molecule has 98 valence electrons. The van der Waals surface area contributed by atoms with Gasteiger partial charge in [-0.2, -0.15) is 0 Å². The Hall–Kier alpha value is -1.59. The van der Waals surface area contributed by atoms with Crippen LogP contribution in [0.15, 0.2) is 18.2 Å². The van der Waals surface area contributed by atoms with E-state index in [0.29, 0.717) is 0 Å². The number of rotatable bonds is 4. The smallest absolute Gasteiger partial charge is 0.328 e. The number of carbonyl (C=O) groups is 2. The fourth-order valence-corrected chi connectivity index (χ4v) is 1.73. The second-order valence-electron chi connectivity index (χ2n) is 4.01. The fourth-order valence-electron chi connectivity index (χ4n) is 1.41. The molecule has 3 N–H and O–H groups in total. The van der Waals surface area contributed by atoms with Crippen LogP contribution in [0.3, 0.4) is 0 Å². The number of carbonyl (C=O) groups excluding carboxylic acids is 1. The monoisotopic (exact) mass is 271 g/mol. The maximum absolute atomic E-state index is 11.8. The number of halogens is 1. The van der Waals surface area contributed by atoms with Crippen LogP contribution >= 0.6 is 11.6 Å². The van der Waals surface area contributed by atoms with Gasteiger partial charge in [-0.05, 0) is 31.5 Å². The van der Waals surface area contributed by atoms with E-state index in [4.69, 9.17) is 16.7 Å². The predicted octanol–water partition coefficient (Wildman–Crippen LogP) is 1.21. The summed E-state index contributed by atoms with van der Waals surface area (Å²) in [5.41, 5.74) is 1.07. The topological polar surface area (TPSA) is 86.6 Å². The second kappa shape index (κ2) is 5.84. The van der Waals surface area contributed by atoms with E-state index < -0.39 is 24.0 Å². The summed E-state index contributed by atoms with van der Waals surface area (Å²) in [6.07, 6.45) is -1.20. The fraction of sp³-hybridized carbons (Fsp3) is 0.333. The molecule has 1 aromatic rings. The standard InChI is InChI=1S/C12H14ClNO4/c1-6-3-4-8(9(13)5-6)11(16)14-10(7(2)15)12(17)18/h3-5,7,10,15H,1-2H3,(H,14,16)(H,17,18). The van der Waals surface area contributed by atoms with Crippen molar-refractivity contribution in [1.29, 1.82) is 0 Å². The molecule has 0 radical (unpaired) electrons. The zero-order chi connectivity index (χ0) is 13.9. The van der Waals surface area contributed by atoms with Crippen molar-refractivity contribution in [3.8, 4) is 0 Å². The molecule has 0 aliphatic carbocycles. The van der Waals surface area contributed by atoms with Crippen molar-refractivity contribution in [2.45, 2.75) is 26.0 Å². The van der Waals surface area contributed by atoms with Crippen molar-refractivity contribution in [2.75, 3.05) is 0 Å². The summed E-state index contributed by atoms with van der Waals surface area (Å²) < 4.78 is 0. The minimum atomic E-state index is -1.37. The van der Waals surface area contributed by atoms with Gasteiger partial charge in [-0.1, -0.05) is 17.7 Å². The van der Waals surface area contributed by atoms with Crippen molar-refractivity contribution < 1.29 is 19.8 Å². The quantitative estimate of drug-likeness (QED) is 0.768. The molecule has 0 saturated carbocycles. The van der Waals surface area contributed by atoms with Crippen LogP contribution in [-0.4, -0.2) is 34.2 Å². The third-order valence-corrected chi connectivity index (χ3v) is 2.72. The van der Waals surface area contributed by atoms with Gasteiger partial charge in [0.1, 0.15) is 0 Å². The molecule has 18 heavy (non-hydrogen) atoms. The summed E-state index contributed by atoms with van der Waals surface area (Å²) in [4.78, 5) is 22.7. The molecule has 0 aromatic heterocycles. The van der Waals surface area contributed by atoms with E-state index in [1.807, 2.05) is 6.92 Å². The van der Waals surface area contributed by atoms with Gasteiger partial charge < -0.3 is 15.5 Å². The summed E-state index contributed by atoms with van der Waals surface area (Å²) >= 11 is 5.90. The van der Waals surface area contributed by atoms with Crippen LogP contribution in [0.1, 0.15) is 22.8 Å². The van der Waals surface area contributed by atoms with Crippen LogP contribution in [0.4, 0.5) is 0 Å². The Morgan fingerprint density at radius 1 is 1.39 bits per heavy atom. The molecule has 0 spiro atoms. The summed E-state index contributed by atoms with van der Waals surface area (Å²) in [6, 6.07) is 3.44. The third kappa shape index (κ3) is 3.45. The lowest BCUT2D eigenvalue weighted by Crippen LogP contribution is -2.47. The largest absolute Gasteiger partial charge is 0.480 e. The summed E-state index contributed by atoms with van der Waals surface area (Å²) in [6.45, 7) is 3.11. The molecule has 0 fully saturated rings. The van der Waals surface area contributed by atoms with Crippen LogP contribution in [-0.2, 0) is 4.79 Å². The number of benzene rings is 1. The predicted molar refractivity (Wildman–Crippen MR) is 66.8 cm³/mol. The van der Waals surface area contributed by atoms with E-state index >= 15 is 0 Å². The molecular weight excluding hydrogens is 258 g/mol. The average molecular weight is 272 g/mol. The molecule has 6 heteroatoms. The molecule has 1 amide bonds. The minimum Gasteiger partial charge on any atom is -0.480 e. The lowest BCUT2D eigenvalue weighted by atomic mass is 10.1. The molecule has 1 aromatic carbocycles. The maximum atomic E-state index is 11.8. The van der Waals surface area contributed by atoms with E-state index in [0.717, 1.165) is 5.56 Å². The lowest BCUT2D eigenvalue weighted by molar-refractivity contribution is -0.141. The molecule has 0 saturated heterocycles. The molecule has 1 rings (SSSR count). The minimum absolute atomic E-state index is 0.175. The maximum Gasteiger partial charge on any atom is 0.328 e. The highest BCUT2D eigenvalue weighted by Crippen LogP contribution is 2.17. The van der Waals surface area contributed by atoms with Crippen LogP contribution in [0.5, 0.6) is 0 Å². The SMILES string of the molecule is Cc1ccc(C(=O)NC(C(=O)O)C(C)O)c(Cl)c1. The number of carboxylic acids is 1. The summed E-state index contributed by atoms with van der Waals surface area (Å²) in [5.74, 6) is -1.94. The van der Waals surface area contributed by atoms with Gasteiger partial charge in [0.2, 0.25) is 0 Å². The number of aliphatic carboxylic acids is 1. The average Bonchev–Trinajstić information content (AvgIpc) is 2.24. The van der Waals surface area contributed by atoms with Gasteiger partial charge in [0.05, 0.1) is 16.7 Å². The number of nitrogens with one attached hydrogen (secondary N) is 1. The van der Waals surface area contributed by atoms with E-state index in [9.17, 15) is 14.7 Å². The number of amides is 1. The molecule has 2 unspecified atom stereocenters. The van der Waals surface area contributed by atoms with Crippen LogP contribution in [0.2, 0.25) is 5.02 Å². The Kier molecular flexibility index (Phi) is 4.69. The summed E-state index contributed by atoms with van der Waals surface area (Å²) in [7, 11) is 0. The highest BCUT2D eigenvalue weighted by atomic mass is 35.5. The van der Waals surface area contributed by atoms with E-state index in [1.165, 1.54) is 13.0 Å². The number of hydrogen-bond donors (Lipinski definition) is 3. The van der Waals surface area contributed by atoms with E-state index in [-0.39, 0.29) is 10.6 Å². The Labute approximate surface area is 109 Å². The Morgan fingerprint density at radius 3 is 2.44 bits per heavy atom. The normalized spacial score (nSPS) is 13.8. The van der Waals surface area contributed by atoms with Crippen molar-refractivity contribution in [3.05, 3.63) is 34.3 Å². The first-order valence-electron chi connectivity index (χ1n) is 5.31. The zero-order valence-corrected chi connectivity index (χ0v) is 10.7. The first kappa shape index (κ1) is 14.5. The second-order valence-corrected chi connectivity index (χ2v) is 4.42. The van der Waals surface area contributed by atoms with Gasteiger partial charge in [0.15, 0.2) is 6.04 Å². The van der Waals surface area contributed by atoms with Crippen molar-refractivity contribution in [3.63, 3.8) is 0 Å². The highest BCUT2D eigenvalue weighted by molar-refractivity contribution is 6.33.